The highest BCUT2D eigenvalue weighted by Crippen LogP contribution is 2.08. The highest BCUT2D eigenvalue weighted by atomic mass is 16.7. The standard InChI is InChI=1S/C16H30O2/c1-3-5-7-8-9-10-11-13-15-18-16-17-14-12-6-4-2/h2H,3,5-16H2,1H3. The topological polar surface area (TPSA) is 18.5 Å². The predicted octanol–water partition coefficient (Wildman–Crippen LogP) is 4.53. The zero-order valence-corrected chi connectivity index (χ0v) is 12.1. The van der Waals surface area contributed by atoms with E-state index in [2.05, 4.69) is 12.8 Å². The number of hydrogen-bond donors (Lipinski definition) is 0. The van der Waals surface area contributed by atoms with Crippen LogP contribution in [0.5, 0.6) is 0 Å². The first kappa shape index (κ1) is 17.5. The molecule has 18 heavy (non-hydrogen) atoms. The molecule has 0 amide bonds. The molecule has 0 bridgehead atoms. The number of ether oxygens (including phenoxy) is 2. The third-order valence-electron chi connectivity index (χ3n) is 2.92. The smallest absolute Gasteiger partial charge is 0.146 e. The highest BCUT2D eigenvalue weighted by Gasteiger charge is 1.92. The van der Waals surface area contributed by atoms with Crippen LogP contribution >= 0.6 is 0 Å². The van der Waals surface area contributed by atoms with E-state index in [0.717, 1.165) is 25.9 Å². The monoisotopic (exact) mass is 254 g/mol. The van der Waals surface area contributed by atoms with Crippen molar-refractivity contribution in [3.05, 3.63) is 0 Å². The Morgan fingerprint density at radius 3 is 1.94 bits per heavy atom. The normalized spacial score (nSPS) is 10.4. The van der Waals surface area contributed by atoms with E-state index in [4.69, 9.17) is 15.9 Å². The summed E-state index contributed by atoms with van der Waals surface area (Å²) in [5, 5.41) is 0. The first-order valence-electron chi connectivity index (χ1n) is 7.50. The maximum atomic E-state index is 5.39. The molecule has 0 unspecified atom stereocenters. The van der Waals surface area contributed by atoms with Gasteiger partial charge in [-0.2, -0.15) is 0 Å². The lowest BCUT2D eigenvalue weighted by Crippen LogP contribution is -2.02. The van der Waals surface area contributed by atoms with Crippen molar-refractivity contribution in [3.63, 3.8) is 0 Å². The molecule has 0 aromatic heterocycles. The Kier molecular flexibility index (Phi) is 16.0. The summed E-state index contributed by atoms with van der Waals surface area (Å²) >= 11 is 0. The Hall–Kier alpha value is -0.520. The van der Waals surface area contributed by atoms with Crippen LogP contribution in [0.25, 0.3) is 0 Å². The van der Waals surface area contributed by atoms with Gasteiger partial charge in [0.25, 0.3) is 0 Å². The molecule has 0 aliphatic carbocycles. The minimum absolute atomic E-state index is 0.418. The number of hydrogen-bond acceptors (Lipinski definition) is 2. The Morgan fingerprint density at radius 2 is 1.33 bits per heavy atom. The second-order valence-corrected chi connectivity index (χ2v) is 4.72. The van der Waals surface area contributed by atoms with Crippen LogP contribution in [-0.4, -0.2) is 20.0 Å². The first-order chi connectivity index (χ1) is 8.91. The van der Waals surface area contributed by atoms with E-state index in [9.17, 15) is 0 Å². The molecule has 0 saturated carbocycles. The van der Waals surface area contributed by atoms with Gasteiger partial charge < -0.3 is 9.47 Å². The molecule has 2 nitrogen and oxygen atoms in total. The van der Waals surface area contributed by atoms with Crippen LogP contribution in [0.4, 0.5) is 0 Å². The van der Waals surface area contributed by atoms with Crippen LogP contribution in [0.2, 0.25) is 0 Å². The van der Waals surface area contributed by atoms with Crippen molar-refractivity contribution in [2.24, 2.45) is 0 Å². The summed E-state index contributed by atoms with van der Waals surface area (Å²) in [4.78, 5) is 0. The van der Waals surface area contributed by atoms with E-state index in [1.165, 1.54) is 44.9 Å². The average molecular weight is 254 g/mol. The van der Waals surface area contributed by atoms with Gasteiger partial charge >= 0.3 is 0 Å². The molecule has 0 aromatic rings. The van der Waals surface area contributed by atoms with Crippen molar-refractivity contribution in [1.82, 2.24) is 0 Å². The predicted molar refractivity (Wildman–Crippen MR) is 77.4 cm³/mol. The third-order valence-corrected chi connectivity index (χ3v) is 2.92. The Bertz CT molecular complexity index is 184. The molecule has 0 aromatic carbocycles. The van der Waals surface area contributed by atoms with Gasteiger partial charge in [-0.15, -0.1) is 12.3 Å². The number of terminal acetylenes is 1. The lowest BCUT2D eigenvalue weighted by Gasteiger charge is -2.05. The second kappa shape index (κ2) is 16.5. The summed E-state index contributed by atoms with van der Waals surface area (Å²) in [6.45, 7) is 4.21. The van der Waals surface area contributed by atoms with Crippen LogP contribution in [0.3, 0.4) is 0 Å². The lowest BCUT2D eigenvalue weighted by molar-refractivity contribution is -0.0549. The molecule has 0 atom stereocenters. The van der Waals surface area contributed by atoms with Crippen molar-refractivity contribution >= 4 is 0 Å². The molecular weight excluding hydrogens is 224 g/mol. The number of rotatable bonds is 14. The molecule has 0 aliphatic rings. The quantitative estimate of drug-likeness (QED) is 0.257. The summed E-state index contributed by atoms with van der Waals surface area (Å²) in [5.74, 6) is 2.59. The molecule has 0 aliphatic heterocycles. The van der Waals surface area contributed by atoms with Gasteiger partial charge in [0.2, 0.25) is 0 Å². The van der Waals surface area contributed by atoms with E-state index in [-0.39, 0.29) is 0 Å². The Morgan fingerprint density at radius 1 is 0.778 bits per heavy atom. The van der Waals surface area contributed by atoms with Crippen LogP contribution < -0.4 is 0 Å². The van der Waals surface area contributed by atoms with E-state index in [1.807, 2.05) is 0 Å². The average Bonchev–Trinajstić information content (AvgIpc) is 2.39. The van der Waals surface area contributed by atoms with E-state index in [0.29, 0.717) is 13.4 Å². The molecular formula is C16H30O2. The maximum Gasteiger partial charge on any atom is 0.146 e. The highest BCUT2D eigenvalue weighted by molar-refractivity contribution is 4.82. The summed E-state index contributed by atoms with van der Waals surface area (Å²) in [7, 11) is 0. The van der Waals surface area contributed by atoms with E-state index in [1.54, 1.807) is 0 Å². The molecule has 0 spiro atoms. The summed E-state index contributed by atoms with van der Waals surface area (Å²) in [6, 6.07) is 0. The van der Waals surface area contributed by atoms with Crippen molar-refractivity contribution in [1.29, 1.82) is 0 Å². The molecule has 2 heteroatoms. The largest absolute Gasteiger partial charge is 0.355 e. The SMILES string of the molecule is C#CCCCOCOCCCCCCCCCC. The van der Waals surface area contributed by atoms with Crippen molar-refractivity contribution < 1.29 is 9.47 Å². The zero-order valence-electron chi connectivity index (χ0n) is 12.1. The van der Waals surface area contributed by atoms with Crippen LogP contribution in [0.15, 0.2) is 0 Å². The minimum atomic E-state index is 0.418. The van der Waals surface area contributed by atoms with Gasteiger partial charge in [-0.25, -0.2) is 0 Å². The molecule has 0 radical (unpaired) electrons. The van der Waals surface area contributed by atoms with Crippen molar-refractivity contribution in [3.8, 4) is 12.3 Å². The molecule has 0 heterocycles. The first-order valence-corrected chi connectivity index (χ1v) is 7.50. The van der Waals surface area contributed by atoms with Crippen molar-refractivity contribution in [2.45, 2.75) is 71.1 Å². The van der Waals surface area contributed by atoms with Crippen LogP contribution in [-0.2, 0) is 9.47 Å². The molecule has 0 N–H and O–H groups in total. The number of unbranched alkanes of at least 4 members (excludes halogenated alkanes) is 8. The lowest BCUT2D eigenvalue weighted by atomic mass is 10.1. The molecule has 0 rings (SSSR count). The van der Waals surface area contributed by atoms with Crippen LogP contribution in [0, 0.1) is 12.3 Å². The van der Waals surface area contributed by atoms with E-state index >= 15 is 0 Å². The molecule has 106 valence electrons. The van der Waals surface area contributed by atoms with Crippen molar-refractivity contribution in [2.75, 3.05) is 20.0 Å². The fourth-order valence-electron chi connectivity index (χ4n) is 1.79. The summed E-state index contributed by atoms with van der Waals surface area (Å²) in [5.41, 5.74) is 0. The summed E-state index contributed by atoms with van der Waals surface area (Å²) < 4.78 is 10.7. The van der Waals surface area contributed by atoms with Gasteiger partial charge in [0.05, 0.1) is 6.61 Å². The van der Waals surface area contributed by atoms with Gasteiger partial charge in [-0.1, -0.05) is 51.9 Å². The van der Waals surface area contributed by atoms with Crippen LogP contribution in [0.1, 0.15) is 71.1 Å². The summed E-state index contributed by atoms with van der Waals surface area (Å²) in [6.07, 6.45) is 17.5. The second-order valence-electron chi connectivity index (χ2n) is 4.72. The maximum absolute atomic E-state index is 5.39. The van der Waals surface area contributed by atoms with Gasteiger partial charge in [-0.3, -0.25) is 0 Å². The van der Waals surface area contributed by atoms with Gasteiger partial charge in [0.1, 0.15) is 6.79 Å². The Balaban J connectivity index is 2.89. The minimum Gasteiger partial charge on any atom is -0.355 e. The Labute approximate surface area is 113 Å². The van der Waals surface area contributed by atoms with Gasteiger partial charge in [-0.05, 0) is 12.8 Å². The van der Waals surface area contributed by atoms with Gasteiger partial charge in [0.15, 0.2) is 0 Å². The zero-order chi connectivity index (χ0) is 13.3. The molecule has 0 saturated heterocycles. The fourth-order valence-corrected chi connectivity index (χ4v) is 1.79. The van der Waals surface area contributed by atoms with E-state index < -0.39 is 0 Å². The van der Waals surface area contributed by atoms with Gasteiger partial charge in [0, 0.05) is 13.0 Å². The fraction of sp³-hybridized carbons (Fsp3) is 0.875. The third kappa shape index (κ3) is 15.5. The molecule has 0 fully saturated rings.